The number of aromatic nitrogens is 3. The Bertz CT molecular complexity index is 2000. The Balaban J connectivity index is 0.971. The Kier molecular flexibility index (Phi) is 9.40. The highest BCUT2D eigenvalue weighted by atomic mass is 16.5. The van der Waals surface area contributed by atoms with E-state index in [1.807, 2.05) is 0 Å². The smallest absolute Gasteiger partial charge is 0.260 e. The van der Waals surface area contributed by atoms with E-state index >= 15 is 0 Å². The number of aliphatic hydroxyl groups excluding tert-OH is 2. The van der Waals surface area contributed by atoms with Crippen LogP contribution in [0.4, 0.5) is 11.4 Å². The zero-order chi connectivity index (χ0) is 37.6. The fraction of sp³-hybridized carbons (Fsp3) is 0.324. The highest BCUT2D eigenvalue weighted by Crippen LogP contribution is 2.30. The Morgan fingerprint density at radius 3 is 1.53 bits per heavy atom. The summed E-state index contributed by atoms with van der Waals surface area (Å²) >= 11 is 0. The molecule has 2 fully saturated rings. The van der Waals surface area contributed by atoms with Gasteiger partial charge in [0.25, 0.3) is 11.8 Å². The van der Waals surface area contributed by atoms with Crippen LogP contribution < -0.4 is 10.6 Å². The average Bonchev–Trinajstić information content (AvgIpc) is 3.97. The molecule has 2 aliphatic rings. The second kappa shape index (κ2) is 14.1. The number of nitrogens with zero attached hydrogens (tertiary/aromatic N) is 5. The summed E-state index contributed by atoms with van der Waals surface area (Å²) in [6.07, 6.45) is 0.0831. The van der Waals surface area contributed by atoms with E-state index in [4.69, 9.17) is 13.5 Å². The van der Waals surface area contributed by atoms with Crippen LogP contribution in [0.25, 0.3) is 22.8 Å². The number of oxazole rings is 1. The monoisotopic (exact) mass is 723 g/mol. The lowest BCUT2D eigenvalue weighted by atomic mass is 10.1. The first-order chi connectivity index (χ1) is 25.4. The minimum absolute atomic E-state index is 0.0152. The van der Waals surface area contributed by atoms with Crippen molar-refractivity contribution in [2.75, 3.05) is 23.7 Å². The van der Waals surface area contributed by atoms with Crippen molar-refractivity contribution in [3.8, 4) is 22.8 Å². The zero-order valence-corrected chi connectivity index (χ0v) is 29.3. The summed E-state index contributed by atoms with van der Waals surface area (Å²) in [5, 5.41) is 33.9. The van der Waals surface area contributed by atoms with E-state index in [-0.39, 0.29) is 37.1 Å². The maximum atomic E-state index is 13.3. The Labute approximate surface area is 302 Å². The van der Waals surface area contributed by atoms with Gasteiger partial charge in [0.1, 0.15) is 34.7 Å². The van der Waals surface area contributed by atoms with Crippen molar-refractivity contribution >= 4 is 35.0 Å². The van der Waals surface area contributed by atoms with Crippen molar-refractivity contribution in [2.24, 2.45) is 0 Å². The number of aliphatic hydroxyl groups is 2. The molecule has 2 aromatic carbocycles. The van der Waals surface area contributed by atoms with Gasteiger partial charge in [0, 0.05) is 48.4 Å². The average molecular weight is 724 g/mol. The molecule has 7 rings (SSSR count). The quantitative estimate of drug-likeness (QED) is 0.180. The summed E-state index contributed by atoms with van der Waals surface area (Å²) in [6.45, 7) is 6.58. The maximum Gasteiger partial charge on any atom is 0.260 e. The van der Waals surface area contributed by atoms with Crippen LogP contribution in [0.2, 0.25) is 0 Å². The van der Waals surface area contributed by atoms with Gasteiger partial charge in [0.2, 0.25) is 17.7 Å². The number of anilines is 2. The first-order valence-corrected chi connectivity index (χ1v) is 17.0. The maximum absolute atomic E-state index is 13.3. The molecule has 16 heteroatoms. The van der Waals surface area contributed by atoms with Gasteiger partial charge in [-0.05, 0) is 76.2 Å². The van der Waals surface area contributed by atoms with Crippen molar-refractivity contribution in [3.05, 3.63) is 88.8 Å². The number of hydrogen-bond acceptors (Lipinski definition) is 12. The molecule has 0 bridgehead atoms. The third kappa shape index (κ3) is 6.93. The van der Waals surface area contributed by atoms with Crippen LogP contribution in [0, 0.1) is 27.7 Å². The molecule has 3 aromatic heterocycles. The molecular formula is C37H37N7O9. The number of likely N-dealkylation sites (tertiary alicyclic amines) is 2. The number of β-amino-alcohol motifs (C(OH)–C–C–N with tert-alkyl or cyclic N) is 2. The highest BCUT2D eigenvalue weighted by Gasteiger charge is 2.42. The number of hydrogen-bond donors (Lipinski definition) is 4. The van der Waals surface area contributed by atoms with Gasteiger partial charge in [-0.2, -0.15) is 0 Å². The van der Waals surface area contributed by atoms with Crippen molar-refractivity contribution in [2.45, 2.75) is 64.8 Å². The molecule has 0 unspecified atom stereocenters. The minimum atomic E-state index is -0.881. The molecule has 2 aliphatic heterocycles. The molecule has 274 valence electrons. The summed E-state index contributed by atoms with van der Waals surface area (Å²) in [7, 11) is 0. The van der Waals surface area contributed by atoms with E-state index in [0.29, 0.717) is 57.1 Å². The van der Waals surface area contributed by atoms with Crippen molar-refractivity contribution in [3.63, 3.8) is 0 Å². The summed E-state index contributed by atoms with van der Waals surface area (Å²) < 4.78 is 16.3. The van der Waals surface area contributed by atoms with Crippen LogP contribution in [-0.4, -0.2) is 96.3 Å². The number of amides is 4. The van der Waals surface area contributed by atoms with E-state index in [1.165, 1.54) is 9.80 Å². The molecular weight excluding hydrogens is 686 g/mol. The molecule has 0 saturated carbocycles. The number of carbonyl (C=O) groups excluding carboxylic acids is 4. The van der Waals surface area contributed by atoms with Crippen LogP contribution in [-0.2, 0) is 9.59 Å². The summed E-state index contributed by atoms with van der Waals surface area (Å²) in [4.78, 5) is 60.1. The number of carbonyl (C=O) groups is 4. The normalized spacial score (nSPS) is 19.8. The van der Waals surface area contributed by atoms with E-state index < -0.39 is 47.9 Å². The molecule has 4 N–H and O–H groups in total. The Hall–Kier alpha value is -6.13. The van der Waals surface area contributed by atoms with Gasteiger partial charge < -0.3 is 44.1 Å². The topological polar surface area (TPSA) is 217 Å². The third-order valence-corrected chi connectivity index (χ3v) is 9.52. The SMILES string of the molecule is Cc1noc(C)c1C(=O)N1C[C@H](O)C[C@H]1C(=O)Nc1ccc(-c2cnc(-c3ccc(NC(=O)[C@@H]4C[C@@H](O)CN4C(=O)c4c(C)noc4C)cc3)o2)cc1. The number of rotatable bonds is 8. The van der Waals surface area contributed by atoms with Gasteiger partial charge in [-0.1, -0.05) is 10.3 Å². The standard InChI is InChI=1S/C37H37N7O9/c1-18-31(20(3)52-41-18)36(49)43-16-26(45)13-28(43)33(47)39-24-9-5-22(6-10-24)30-15-38-35(51-30)23-7-11-25(12-8-23)40-34(48)29-14-27(46)17-44(29)37(50)32-19(2)42-53-21(32)4/h5-12,15,26-29,45-46H,13-14,16-17H2,1-4H3,(H,39,47)(H,40,48)/t26-,27-,28+,29+/m1/s1. The number of aryl methyl sites for hydroxylation is 4. The van der Waals surface area contributed by atoms with Gasteiger partial charge in [-0.25, -0.2) is 4.98 Å². The summed E-state index contributed by atoms with van der Waals surface area (Å²) in [5.74, 6) is -0.199. The largest absolute Gasteiger partial charge is 0.436 e. The fourth-order valence-electron chi connectivity index (χ4n) is 6.84. The predicted octanol–water partition coefficient (Wildman–Crippen LogP) is 3.65. The zero-order valence-electron chi connectivity index (χ0n) is 29.3. The number of nitrogens with one attached hydrogen (secondary N) is 2. The molecule has 4 atom stereocenters. The van der Waals surface area contributed by atoms with Crippen LogP contribution in [0.5, 0.6) is 0 Å². The second-order valence-corrected chi connectivity index (χ2v) is 13.3. The van der Waals surface area contributed by atoms with Gasteiger partial charge in [-0.3, -0.25) is 19.2 Å². The minimum Gasteiger partial charge on any atom is -0.436 e. The predicted molar refractivity (Wildman–Crippen MR) is 187 cm³/mol. The van der Waals surface area contributed by atoms with Crippen molar-refractivity contribution in [1.29, 1.82) is 0 Å². The lowest BCUT2D eigenvalue weighted by molar-refractivity contribution is -0.120. The van der Waals surface area contributed by atoms with Crippen LogP contribution in [0.3, 0.4) is 0 Å². The van der Waals surface area contributed by atoms with Crippen LogP contribution in [0.15, 0.2) is 68.2 Å². The van der Waals surface area contributed by atoms with E-state index in [1.54, 1.807) is 82.4 Å². The van der Waals surface area contributed by atoms with E-state index in [9.17, 15) is 29.4 Å². The molecule has 2 saturated heterocycles. The molecule has 53 heavy (non-hydrogen) atoms. The lowest BCUT2D eigenvalue weighted by Gasteiger charge is -2.23. The van der Waals surface area contributed by atoms with Gasteiger partial charge in [0.05, 0.1) is 29.8 Å². The Morgan fingerprint density at radius 2 is 1.11 bits per heavy atom. The van der Waals surface area contributed by atoms with Gasteiger partial charge in [0.15, 0.2) is 5.76 Å². The van der Waals surface area contributed by atoms with Crippen molar-refractivity contribution < 1.29 is 42.9 Å². The molecule has 0 aliphatic carbocycles. The second-order valence-electron chi connectivity index (χ2n) is 13.3. The molecule has 0 radical (unpaired) electrons. The first kappa shape index (κ1) is 35.3. The fourth-order valence-corrected chi connectivity index (χ4v) is 6.84. The number of benzene rings is 2. The van der Waals surface area contributed by atoms with Crippen LogP contribution >= 0.6 is 0 Å². The summed E-state index contributed by atoms with van der Waals surface area (Å²) in [6, 6.07) is 12.0. The molecule has 16 nitrogen and oxygen atoms in total. The lowest BCUT2D eigenvalue weighted by Crippen LogP contribution is -2.43. The first-order valence-electron chi connectivity index (χ1n) is 17.0. The Morgan fingerprint density at radius 1 is 0.679 bits per heavy atom. The van der Waals surface area contributed by atoms with Gasteiger partial charge in [-0.15, -0.1) is 0 Å². The van der Waals surface area contributed by atoms with E-state index in [0.717, 1.165) is 0 Å². The summed E-state index contributed by atoms with van der Waals surface area (Å²) in [5.41, 5.74) is 3.73. The highest BCUT2D eigenvalue weighted by molar-refractivity contribution is 6.03. The molecule has 4 amide bonds. The molecule has 5 heterocycles. The van der Waals surface area contributed by atoms with Crippen LogP contribution in [0.1, 0.15) is 56.5 Å². The van der Waals surface area contributed by atoms with Crippen molar-refractivity contribution in [1.82, 2.24) is 25.1 Å². The molecule has 5 aromatic rings. The molecule has 0 spiro atoms. The van der Waals surface area contributed by atoms with Gasteiger partial charge >= 0.3 is 0 Å². The van der Waals surface area contributed by atoms with E-state index in [2.05, 4.69) is 25.9 Å². The third-order valence-electron chi connectivity index (χ3n) is 9.52.